The second-order valence-corrected chi connectivity index (χ2v) is 5.89. The zero-order valence-corrected chi connectivity index (χ0v) is 14.4. The van der Waals surface area contributed by atoms with Crippen LogP contribution in [0.4, 0.5) is 0 Å². The minimum absolute atomic E-state index is 0.0113. The molecule has 2 aromatic rings. The fraction of sp³-hybridized carbons (Fsp3) is 0.200. The lowest BCUT2D eigenvalue weighted by atomic mass is 9.97. The van der Waals surface area contributed by atoms with Gasteiger partial charge in [-0.05, 0) is 17.4 Å². The summed E-state index contributed by atoms with van der Waals surface area (Å²) in [5.74, 6) is 3.63. The van der Waals surface area contributed by atoms with Gasteiger partial charge in [0.2, 0.25) is 0 Å². The summed E-state index contributed by atoms with van der Waals surface area (Å²) in [4.78, 5) is 20.8. The van der Waals surface area contributed by atoms with Crippen LogP contribution in [0.15, 0.2) is 17.3 Å². The number of carbonyl (C=O) groups excluding carboxylic acids is 1. The molecule has 26 heavy (non-hydrogen) atoms. The van der Waals surface area contributed by atoms with E-state index in [4.69, 9.17) is 20.7 Å². The third-order valence-electron chi connectivity index (χ3n) is 4.48. The van der Waals surface area contributed by atoms with Crippen LogP contribution in [0.2, 0.25) is 0 Å². The van der Waals surface area contributed by atoms with E-state index in [0.717, 1.165) is 32.3 Å². The first-order valence-corrected chi connectivity index (χ1v) is 8.05. The quantitative estimate of drug-likeness (QED) is 0.425. The molecule has 0 unspecified atom stereocenters. The molecular weight excluding hydrogens is 332 g/mol. The van der Waals surface area contributed by atoms with Crippen molar-refractivity contribution in [3.05, 3.63) is 44.4 Å². The number of methoxy groups -OCH3 is 2. The first-order chi connectivity index (χ1) is 12.7. The zero-order valence-electron chi connectivity index (χ0n) is 14.4. The van der Waals surface area contributed by atoms with Crippen molar-refractivity contribution in [3.8, 4) is 23.8 Å². The van der Waals surface area contributed by atoms with Crippen LogP contribution in [-0.4, -0.2) is 37.3 Å². The predicted octanol–water partition coefficient (Wildman–Crippen LogP) is 0.568. The molecule has 2 aliphatic carbocycles. The summed E-state index contributed by atoms with van der Waals surface area (Å²) >= 11 is 0. The fourth-order valence-electron chi connectivity index (χ4n) is 3.37. The summed E-state index contributed by atoms with van der Waals surface area (Å²) in [6.45, 7) is 0.0113. The Morgan fingerprint density at radius 3 is 2.88 bits per heavy atom. The van der Waals surface area contributed by atoms with Gasteiger partial charge in [-0.1, -0.05) is 17.2 Å². The third kappa shape index (κ3) is 2.29. The Bertz CT molecular complexity index is 1210. The van der Waals surface area contributed by atoms with Gasteiger partial charge >= 0.3 is 0 Å². The molecule has 0 atom stereocenters. The number of ether oxygens (including phenoxy) is 2. The van der Waals surface area contributed by atoms with E-state index in [2.05, 4.69) is 16.1 Å². The van der Waals surface area contributed by atoms with Gasteiger partial charge in [-0.2, -0.15) is 0 Å². The molecule has 0 aliphatic heterocycles. The van der Waals surface area contributed by atoms with Gasteiger partial charge in [-0.3, -0.25) is 4.79 Å². The molecule has 4 rings (SSSR count). The van der Waals surface area contributed by atoms with E-state index < -0.39 is 0 Å². The zero-order chi connectivity index (χ0) is 18.3. The van der Waals surface area contributed by atoms with Gasteiger partial charge in [0, 0.05) is 34.2 Å². The summed E-state index contributed by atoms with van der Waals surface area (Å²) in [5, 5.41) is 7.61. The number of hydrogen-bond acceptors (Lipinski definition) is 5. The Kier molecular flexibility index (Phi) is 3.77. The van der Waals surface area contributed by atoms with E-state index in [1.807, 2.05) is 24.3 Å². The number of aromatic amines is 1. The molecule has 2 aliphatic rings. The van der Waals surface area contributed by atoms with Crippen LogP contribution < -0.4 is 20.0 Å². The van der Waals surface area contributed by atoms with E-state index in [-0.39, 0.29) is 24.5 Å². The molecule has 6 nitrogen and oxygen atoms in total. The lowest BCUT2D eigenvalue weighted by Crippen LogP contribution is -2.28. The normalized spacial score (nSPS) is 15.3. The van der Waals surface area contributed by atoms with Crippen LogP contribution in [0.3, 0.4) is 0 Å². The standard InChI is InChI=1S/C20H16N2O4/c1-4-7-26-22-20-15(23)6-5-14-18(20)13-9-11-8-12(24-2)10-16(25-3)17(11)19(13)21-14/h1,5,8-10,21H,6-7H2,2-3H3. The van der Waals surface area contributed by atoms with Crippen molar-refractivity contribution >= 4 is 23.6 Å². The van der Waals surface area contributed by atoms with Crippen LogP contribution in [0.25, 0.3) is 12.2 Å². The average Bonchev–Trinajstić information content (AvgIpc) is 3.18. The smallest absolute Gasteiger partial charge is 0.189 e. The van der Waals surface area contributed by atoms with Crippen molar-refractivity contribution in [2.75, 3.05) is 20.8 Å². The Labute approximate surface area is 149 Å². The minimum Gasteiger partial charge on any atom is -0.497 e. The number of benzene rings is 1. The molecule has 0 spiro atoms. The lowest BCUT2D eigenvalue weighted by molar-refractivity contribution is -0.112. The van der Waals surface area contributed by atoms with E-state index in [0.29, 0.717) is 11.5 Å². The lowest BCUT2D eigenvalue weighted by Gasteiger charge is -2.08. The first kappa shape index (κ1) is 16.0. The van der Waals surface area contributed by atoms with Crippen LogP contribution in [0.5, 0.6) is 11.5 Å². The van der Waals surface area contributed by atoms with Crippen molar-refractivity contribution < 1.29 is 19.1 Å². The first-order valence-electron chi connectivity index (χ1n) is 8.05. The van der Waals surface area contributed by atoms with E-state index in [1.54, 1.807) is 14.2 Å². The number of terminal acetylenes is 1. The summed E-state index contributed by atoms with van der Waals surface area (Å²) in [7, 11) is 3.23. The Balaban J connectivity index is 2.03. The topological polar surface area (TPSA) is 72.9 Å². The summed E-state index contributed by atoms with van der Waals surface area (Å²) in [5.41, 5.74) is 1.89. The van der Waals surface area contributed by atoms with Gasteiger partial charge in [0.05, 0.1) is 19.6 Å². The number of aromatic nitrogens is 1. The van der Waals surface area contributed by atoms with Crippen molar-refractivity contribution in [2.24, 2.45) is 5.16 Å². The number of nitrogens with one attached hydrogen (secondary N) is 1. The maximum absolute atomic E-state index is 12.4. The molecule has 1 N–H and O–H groups in total. The van der Waals surface area contributed by atoms with Crippen LogP contribution in [0.1, 0.15) is 17.5 Å². The van der Waals surface area contributed by atoms with Crippen LogP contribution in [0, 0.1) is 22.9 Å². The molecule has 1 aromatic carbocycles. The van der Waals surface area contributed by atoms with Gasteiger partial charge in [0.25, 0.3) is 0 Å². The van der Waals surface area contributed by atoms with Crippen molar-refractivity contribution in [1.29, 1.82) is 0 Å². The largest absolute Gasteiger partial charge is 0.497 e. The highest BCUT2D eigenvalue weighted by molar-refractivity contribution is 6.48. The minimum atomic E-state index is -0.106. The summed E-state index contributed by atoms with van der Waals surface area (Å²) in [6, 6.07) is 3.76. The molecule has 1 aromatic heterocycles. The number of hydrogen-bond donors (Lipinski definition) is 1. The highest BCUT2D eigenvalue weighted by Crippen LogP contribution is 2.24. The molecule has 1 heterocycles. The van der Waals surface area contributed by atoms with Gasteiger partial charge in [-0.25, -0.2) is 0 Å². The van der Waals surface area contributed by atoms with Crippen LogP contribution >= 0.6 is 0 Å². The number of ketones is 1. The van der Waals surface area contributed by atoms with Crippen LogP contribution in [-0.2, 0) is 9.63 Å². The highest BCUT2D eigenvalue weighted by Gasteiger charge is 2.26. The number of H-pyrrole nitrogens is 1. The van der Waals surface area contributed by atoms with Gasteiger partial charge in [-0.15, -0.1) is 6.42 Å². The van der Waals surface area contributed by atoms with Crippen molar-refractivity contribution in [2.45, 2.75) is 6.42 Å². The van der Waals surface area contributed by atoms with Crippen molar-refractivity contribution in [1.82, 2.24) is 4.98 Å². The number of carbonyl (C=O) groups is 1. The Hall–Kier alpha value is -3.46. The molecule has 0 fully saturated rings. The molecule has 6 heteroatoms. The SMILES string of the molecule is C#CCON=C1C(=O)CC=c2[nH]c3c(c21)C=c1cc(OC)cc(OC)c1=3. The highest BCUT2D eigenvalue weighted by atomic mass is 16.6. The number of Topliss-reactive ketones (excluding diaryl/α,β-unsaturated/α-hetero) is 1. The number of oxime groups is 1. The molecule has 0 radical (unpaired) electrons. The number of nitrogens with zero attached hydrogens (tertiary/aromatic N) is 1. The maximum Gasteiger partial charge on any atom is 0.189 e. The monoisotopic (exact) mass is 348 g/mol. The molecule has 0 bridgehead atoms. The van der Waals surface area contributed by atoms with E-state index in [9.17, 15) is 4.79 Å². The number of fused-ring (bicyclic) bond motifs is 4. The van der Waals surface area contributed by atoms with E-state index in [1.165, 1.54) is 0 Å². The molecule has 0 saturated carbocycles. The predicted molar refractivity (Wildman–Crippen MR) is 96.2 cm³/mol. The Morgan fingerprint density at radius 1 is 1.31 bits per heavy atom. The second kappa shape index (κ2) is 6.12. The number of rotatable bonds is 4. The van der Waals surface area contributed by atoms with Gasteiger partial charge in [0.1, 0.15) is 11.5 Å². The summed E-state index contributed by atoms with van der Waals surface area (Å²) in [6.07, 6.45) is 9.30. The second-order valence-electron chi connectivity index (χ2n) is 5.89. The Morgan fingerprint density at radius 2 is 2.15 bits per heavy atom. The average molecular weight is 348 g/mol. The maximum atomic E-state index is 12.4. The van der Waals surface area contributed by atoms with E-state index >= 15 is 0 Å². The molecular formula is C20H16N2O4. The molecule has 0 amide bonds. The van der Waals surface area contributed by atoms with Crippen molar-refractivity contribution in [3.63, 3.8) is 0 Å². The third-order valence-corrected chi connectivity index (χ3v) is 4.48. The fourth-order valence-corrected chi connectivity index (χ4v) is 3.37. The van der Waals surface area contributed by atoms with Gasteiger partial charge in [0.15, 0.2) is 18.1 Å². The molecule has 0 saturated heterocycles. The summed E-state index contributed by atoms with van der Waals surface area (Å²) < 4.78 is 10.9. The van der Waals surface area contributed by atoms with Gasteiger partial charge < -0.3 is 19.3 Å². The molecule has 130 valence electrons.